The third-order valence-corrected chi connectivity index (χ3v) is 7.76. The number of carbonyl (C=O) groups is 2. The standard InChI is InChI=1S/C30H34N2O7S/c33-19-22-10-12-23(13-11-22)26-17-25(20-40-28-6-3-4-16-32(28)37)38-30(39-26)24-14-8-21(9-15-24)18-31-27(34)5-1-2-7-29(35)36/h3-4,6,8-16,25-26,30,33H,1-2,5,7,17-20H2,(H,31,34)(H,35,36)/t25-,26+,30+/m1/s1. The molecule has 1 aliphatic heterocycles. The lowest BCUT2D eigenvalue weighted by atomic mass is 10.0. The van der Waals surface area contributed by atoms with Crippen molar-refractivity contribution in [3.63, 3.8) is 0 Å². The van der Waals surface area contributed by atoms with E-state index in [0.29, 0.717) is 43.0 Å². The Kier molecular flexibility index (Phi) is 10.9. The van der Waals surface area contributed by atoms with Gasteiger partial charge in [0, 0.05) is 49.3 Å². The molecule has 1 amide bonds. The van der Waals surface area contributed by atoms with Crippen molar-refractivity contribution >= 4 is 23.6 Å². The molecule has 1 saturated heterocycles. The van der Waals surface area contributed by atoms with Crippen molar-refractivity contribution in [3.05, 3.63) is 100 Å². The van der Waals surface area contributed by atoms with E-state index < -0.39 is 12.3 Å². The molecule has 1 fully saturated rings. The molecule has 0 radical (unpaired) electrons. The van der Waals surface area contributed by atoms with Gasteiger partial charge >= 0.3 is 5.97 Å². The van der Waals surface area contributed by atoms with Crippen molar-refractivity contribution in [1.82, 2.24) is 5.32 Å². The number of carboxylic acid groups (broad SMARTS) is 1. The predicted molar refractivity (Wildman–Crippen MR) is 149 cm³/mol. The molecule has 2 aromatic carbocycles. The number of pyridine rings is 1. The van der Waals surface area contributed by atoms with Crippen LogP contribution in [-0.4, -0.2) is 33.9 Å². The zero-order valence-corrected chi connectivity index (χ0v) is 22.9. The summed E-state index contributed by atoms with van der Waals surface area (Å²) < 4.78 is 13.6. The molecule has 3 atom stereocenters. The first kappa shape index (κ1) is 29.5. The van der Waals surface area contributed by atoms with Crippen molar-refractivity contribution in [3.8, 4) is 0 Å². The Labute approximate surface area is 237 Å². The number of thioether (sulfide) groups is 1. The monoisotopic (exact) mass is 566 g/mol. The fraction of sp³-hybridized carbons (Fsp3) is 0.367. The number of carboxylic acids is 1. The minimum Gasteiger partial charge on any atom is -0.618 e. The summed E-state index contributed by atoms with van der Waals surface area (Å²) >= 11 is 1.44. The highest BCUT2D eigenvalue weighted by Gasteiger charge is 2.32. The molecule has 0 saturated carbocycles. The number of amides is 1. The van der Waals surface area contributed by atoms with E-state index in [1.54, 1.807) is 12.1 Å². The van der Waals surface area contributed by atoms with Gasteiger partial charge in [-0.25, -0.2) is 0 Å². The summed E-state index contributed by atoms with van der Waals surface area (Å²) in [7, 11) is 0. The second-order valence-corrected chi connectivity index (χ2v) is 10.7. The van der Waals surface area contributed by atoms with E-state index in [1.807, 2.05) is 54.6 Å². The number of aliphatic hydroxyl groups is 1. The van der Waals surface area contributed by atoms with Gasteiger partial charge in [-0.2, -0.15) is 4.73 Å². The Morgan fingerprint density at radius 3 is 2.35 bits per heavy atom. The number of ether oxygens (including phenoxy) is 2. The molecule has 0 aliphatic carbocycles. The molecule has 0 bridgehead atoms. The van der Waals surface area contributed by atoms with Gasteiger partial charge in [-0.1, -0.05) is 60.3 Å². The highest BCUT2D eigenvalue weighted by atomic mass is 32.2. The van der Waals surface area contributed by atoms with Crippen LogP contribution in [0.5, 0.6) is 0 Å². The van der Waals surface area contributed by atoms with E-state index in [2.05, 4.69) is 5.32 Å². The molecule has 9 nitrogen and oxygen atoms in total. The van der Waals surface area contributed by atoms with Crippen LogP contribution < -0.4 is 10.0 Å². The highest BCUT2D eigenvalue weighted by molar-refractivity contribution is 7.99. The summed E-state index contributed by atoms with van der Waals surface area (Å²) in [6.07, 6.45) is 2.45. The summed E-state index contributed by atoms with van der Waals surface area (Å²) in [6, 6.07) is 20.7. The minimum absolute atomic E-state index is 0.0272. The van der Waals surface area contributed by atoms with E-state index in [-0.39, 0.29) is 31.1 Å². The number of aromatic nitrogens is 1. The molecule has 1 aliphatic rings. The fourth-order valence-corrected chi connectivity index (χ4v) is 5.30. The van der Waals surface area contributed by atoms with Crippen LogP contribution in [0.4, 0.5) is 0 Å². The SMILES string of the molecule is O=C(O)CCCCC(=O)NCc1ccc([C@H]2O[C@@H](CSc3cccc[n+]3[O-])C[C@@H](c3ccc(CO)cc3)O2)cc1. The van der Waals surface area contributed by atoms with Gasteiger partial charge in [0.15, 0.2) is 12.5 Å². The maximum atomic E-state index is 12.1. The number of rotatable bonds is 13. The molecular weight excluding hydrogens is 532 g/mol. The normalized spacial score (nSPS) is 18.8. The zero-order valence-electron chi connectivity index (χ0n) is 22.1. The predicted octanol–water partition coefficient (Wildman–Crippen LogP) is 4.41. The minimum atomic E-state index is -0.853. The number of benzene rings is 2. The summed E-state index contributed by atoms with van der Waals surface area (Å²) in [5.74, 6) is -0.385. The van der Waals surface area contributed by atoms with E-state index in [4.69, 9.17) is 14.6 Å². The van der Waals surface area contributed by atoms with Gasteiger partial charge in [-0.05, 0) is 35.6 Å². The first-order valence-corrected chi connectivity index (χ1v) is 14.3. The first-order chi connectivity index (χ1) is 19.4. The van der Waals surface area contributed by atoms with Gasteiger partial charge < -0.3 is 30.2 Å². The van der Waals surface area contributed by atoms with E-state index in [9.17, 15) is 19.9 Å². The lowest BCUT2D eigenvalue weighted by Gasteiger charge is -2.36. The molecule has 2 heterocycles. The van der Waals surface area contributed by atoms with Gasteiger partial charge in [0.1, 0.15) is 0 Å². The van der Waals surface area contributed by atoms with Crippen LogP contribution in [0, 0.1) is 5.21 Å². The van der Waals surface area contributed by atoms with Crippen LogP contribution in [-0.2, 0) is 32.2 Å². The van der Waals surface area contributed by atoms with Crippen LogP contribution in [0.2, 0.25) is 0 Å². The van der Waals surface area contributed by atoms with E-state index in [1.165, 1.54) is 18.0 Å². The van der Waals surface area contributed by atoms with Gasteiger partial charge in [0.05, 0.1) is 18.8 Å². The molecule has 40 heavy (non-hydrogen) atoms. The van der Waals surface area contributed by atoms with Crippen LogP contribution in [0.3, 0.4) is 0 Å². The lowest BCUT2D eigenvalue weighted by Crippen LogP contribution is -2.32. The first-order valence-electron chi connectivity index (χ1n) is 13.3. The number of carbonyl (C=O) groups excluding carboxylic acids is 1. The number of hydrogen-bond acceptors (Lipinski definition) is 7. The Balaban J connectivity index is 1.39. The summed E-state index contributed by atoms with van der Waals surface area (Å²) in [4.78, 5) is 22.7. The van der Waals surface area contributed by atoms with E-state index in [0.717, 1.165) is 27.0 Å². The van der Waals surface area contributed by atoms with Crippen molar-refractivity contribution in [2.75, 3.05) is 5.75 Å². The summed E-state index contributed by atoms with van der Waals surface area (Å²) in [5.41, 5.74) is 3.58. The van der Waals surface area contributed by atoms with Gasteiger partial charge in [0.2, 0.25) is 5.91 Å². The molecule has 0 spiro atoms. The molecule has 3 N–H and O–H groups in total. The van der Waals surface area contributed by atoms with Crippen molar-refractivity contribution in [2.24, 2.45) is 0 Å². The van der Waals surface area contributed by atoms with Crippen molar-refractivity contribution in [1.29, 1.82) is 0 Å². The van der Waals surface area contributed by atoms with Crippen molar-refractivity contribution in [2.45, 2.75) is 68.8 Å². The third-order valence-electron chi connectivity index (χ3n) is 6.61. The maximum Gasteiger partial charge on any atom is 0.303 e. The molecule has 3 aromatic rings. The number of hydrogen-bond donors (Lipinski definition) is 3. The van der Waals surface area contributed by atoms with Crippen molar-refractivity contribution < 1.29 is 34.0 Å². The van der Waals surface area contributed by atoms with Crippen LogP contribution >= 0.6 is 11.8 Å². The number of unbranched alkanes of at least 4 members (excludes halogenated alkanes) is 1. The average molecular weight is 567 g/mol. The molecule has 0 unspecified atom stereocenters. The number of nitrogens with zero attached hydrogens (tertiary/aromatic N) is 1. The number of aliphatic hydroxyl groups excluding tert-OH is 1. The van der Waals surface area contributed by atoms with Gasteiger partial charge in [-0.15, -0.1) is 0 Å². The molecular formula is C30H34N2O7S. The largest absolute Gasteiger partial charge is 0.618 e. The molecule has 212 valence electrons. The van der Waals surface area contributed by atoms with Crippen LogP contribution in [0.15, 0.2) is 78.0 Å². The zero-order chi connectivity index (χ0) is 28.3. The maximum absolute atomic E-state index is 12.1. The number of aliphatic carboxylic acids is 1. The second kappa shape index (κ2) is 14.8. The van der Waals surface area contributed by atoms with Gasteiger partial charge in [-0.3, -0.25) is 9.59 Å². The van der Waals surface area contributed by atoms with Crippen LogP contribution in [0.1, 0.15) is 66.8 Å². The summed E-state index contributed by atoms with van der Waals surface area (Å²) in [6.45, 7) is 0.344. The summed E-state index contributed by atoms with van der Waals surface area (Å²) in [5, 5.41) is 33.7. The number of nitrogens with one attached hydrogen (secondary N) is 1. The van der Waals surface area contributed by atoms with Crippen LogP contribution in [0.25, 0.3) is 0 Å². The quantitative estimate of drug-likeness (QED) is 0.120. The molecule has 1 aromatic heterocycles. The Bertz CT molecular complexity index is 1250. The Hall–Kier alpha value is -3.44. The Morgan fingerprint density at radius 2 is 1.65 bits per heavy atom. The Morgan fingerprint density at radius 1 is 0.950 bits per heavy atom. The lowest BCUT2D eigenvalue weighted by molar-refractivity contribution is -0.645. The smallest absolute Gasteiger partial charge is 0.303 e. The van der Waals surface area contributed by atoms with E-state index >= 15 is 0 Å². The van der Waals surface area contributed by atoms with Gasteiger partial charge in [0.25, 0.3) is 5.03 Å². The molecule has 4 rings (SSSR count). The average Bonchev–Trinajstić information content (AvgIpc) is 2.98. The second-order valence-electron chi connectivity index (χ2n) is 9.64. The third kappa shape index (κ3) is 8.79. The fourth-order valence-electron chi connectivity index (χ4n) is 4.37. The topological polar surface area (TPSA) is 132 Å². The highest BCUT2D eigenvalue weighted by Crippen LogP contribution is 2.39. The molecule has 10 heteroatoms.